The molecule has 2 aromatic heterocycles. The third-order valence-corrected chi connectivity index (χ3v) is 5.75. The highest BCUT2D eigenvalue weighted by Crippen LogP contribution is 2.32. The number of rotatable bonds is 5. The first-order chi connectivity index (χ1) is 12.2. The summed E-state index contributed by atoms with van der Waals surface area (Å²) in [4.78, 5) is 20.6. The molecule has 1 fully saturated rings. The molecule has 3 aromatic rings. The van der Waals surface area contributed by atoms with Crippen molar-refractivity contribution in [2.24, 2.45) is 7.05 Å². The van der Waals surface area contributed by atoms with Crippen molar-refractivity contribution in [2.75, 3.05) is 13.1 Å². The van der Waals surface area contributed by atoms with E-state index >= 15 is 0 Å². The fourth-order valence-corrected chi connectivity index (χ4v) is 4.25. The summed E-state index contributed by atoms with van der Waals surface area (Å²) >= 11 is 1.67. The van der Waals surface area contributed by atoms with Crippen LogP contribution in [-0.2, 0) is 18.4 Å². The number of aryl methyl sites for hydroxylation is 1. The molecule has 1 aliphatic rings. The molecule has 1 N–H and O–H groups in total. The Morgan fingerprint density at radius 1 is 1.32 bits per heavy atom. The highest BCUT2D eigenvalue weighted by molar-refractivity contribution is 7.09. The molecular formula is C19H22N4OS. The van der Waals surface area contributed by atoms with Gasteiger partial charge in [0.1, 0.15) is 5.82 Å². The number of hydrogen-bond acceptors (Lipinski definition) is 4. The van der Waals surface area contributed by atoms with Crippen molar-refractivity contribution in [1.82, 2.24) is 19.8 Å². The normalized spacial score (nSPS) is 18.0. The smallest absolute Gasteiger partial charge is 0.234 e. The Hall–Kier alpha value is -2.18. The average Bonchev–Trinajstić information content (AvgIpc) is 3.34. The number of carbonyl (C=O) groups excluding carboxylic acids is 1. The molecule has 6 heteroatoms. The quantitative estimate of drug-likeness (QED) is 0.766. The van der Waals surface area contributed by atoms with Gasteiger partial charge in [0.2, 0.25) is 5.91 Å². The van der Waals surface area contributed by atoms with Gasteiger partial charge in [0.05, 0.1) is 30.2 Å². The molecule has 1 aromatic carbocycles. The third kappa shape index (κ3) is 3.32. The molecular weight excluding hydrogens is 332 g/mol. The molecule has 25 heavy (non-hydrogen) atoms. The molecule has 5 nitrogen and oxygen atoms in total. The number of likely N-dealkylation sites (tertiary alicyclic amines) is 1. The zero-order valence-electron chi connectivity index (χ0n) is 14.3. The lowest BCUT2D eigenvalue weighted by molar-refractivity contribution is -0.122. The Kier molecular flexibility index (Phi) is 4.55. The fraction of sp³-hybridized carbons (Fsp3) is 0.368. The van der Waals surface area contributed by atoms with Gasteiger partial charge < -0.3 is 9.88 Å². The zero-order chi connectivity index (χ0) is 17.2. The topological polar surface area (TPSA) is 50.2 Å². The molecule has 130 valence electrons. The summed E-state index contributed by atoms with van der Waals surface area (Å²) in [6, 6.07) is 12.5. The number of fused-ring (bicyclic) bond motifs is 1. The van der Waals surface area contributed by atoms with Crippen LogP contribution >= 0.6 is 11.3 Å². The van der Waals surface area contributed by atoms with Crippen LogP contribution in [0.2, 0.25) is 0 Å². The number of carbonyl (C=O) groups is 1. The maximum Gasteiger partial charge on any atom is 0.234 e. The van der Waals surface area contributed by atoms with E-state index in [2.05, 4.69) is 27.9 Å². The van der Waals surface area contributed by atoms with Crippen molar-refractivity contribution in [3.05, 3.63) is 52.5 Å². The van der Waals surface area contributed by atoms with Crippen molar-refractivity contribution in [3.63, 3.8) is 0 Å². The number of hydrogen-bond donors (Lipinski definition) is 1. The first-order valence-corrected chi connectivity index (χ1v) is 9.55. The summed E-state index contributed by atoms with van der Waals surface area (Å²) in [5.41, 5.74) is 2.17. The predicted octanol–water partition coefficient (Wildman–Crippen LogP) is 3.09. The number of amides is 1. The molecule has 3 heterocycles. The Morgan fingerprint density at radius 2 is 2.20 bits per heavy atom. The van der Waals surface area contributed by atoms with E-state index in [0.717, 1.165) is 36.2 Å². The molecule has 1 atom stereocenters. The summed E-state index contributed by atoms with van der Waals surface area (Å²) in [6.45, 7) is 1.99. The molecule has 1 saturated heterocycles. The lowest BCUT2D eigenvalue weighted by Gasteiger charge is -2.23. The van der Waals surface area contributed by atoms with Gasteiger partial charge in [-0.15, -0.1) is 11.3 Å². The first kappa shape index (κ1) is 16.3. The maximum absolute atomic E-state index is 12.4. The number of benzene rings is 1. The van der Waals surface area contributed by atoms with Gasteiger partial charge in [-0.25, -0.2) is 4.98 Å². The second kappa shape index (κ2) is 6.98. The van der Waals surface area contributed by atoms with E-state index in [9.17, 15) is 4.79 Å². The molecule has 0 radical (unpaired) electrons. The van der Waals surface area contributed by atoms with Gasteiger partial charge in [-0.3, -0.25) is 9.69 Å². The number of thiophene rings is 1. The minimum absolute atomic E-state index is 0.0825. The second-order valence-corrected chi connectivity index (χ2v) is 7.53. The van der Waals surface area contributed by atoms with E-state index in [0.29, 0.717) is 13.1 Å². The molecule has 0 unspecified atom stereocenters. The van der Waals surface area contributed by atoms with Crippen molar-refractivity contribution in [2.45, 2.75) is 25.4 Å². The molecule has 1 aliphatic heterocycles. The van der Waals surface area contributed by atoms with E-state index < -0.39 is 0 Å². The largest absolute Gasteiger partial charge is 0.350 e. The van der Waals surface area contributed by atoms with Gasteiger partial charge in [-0.05, 0) is 43.0 Å². The number of nitrogens with one attached hydrogen (secondary N) is 1. The number of nitrogens with zero attached hydrogens (tertiary/aromatic N) is 3. The Morgan fingerprint density at radius 3 is 3.00 bits per heavy atom. The lowest BCUT2D eigenvalue weighted by Crippen LogP contribution is -2.37. The third-order valence-electron chi connectivity index (χ3n) is 4.87. The molecule has 0 spiro atoms. The highest BCUT2D eigenvalue weighted by atomic mass is 32.1. The van der Waals surface area contributed by atoms with Gasteiger partial charge in [-0.1, -0.05) is 18.2 Å². The molecule has 4 rings (SSSR count). The predicted molar refractivity (Wildman–Crippen MR) is 100 cm³/mol. The van der Waals surface area contributed by atoms with Crippen LogP contribution in [0.3, 0.4) is 0 Å². The summed E-state index contributed by atoms with van der Waals surface area (Å²) in [5, 5.41) is 5.06. The standard InChI is InChI=1S/C19H22N4OS/c1-22-16-8-3-2-7-15(16)21-19(22)17-9-4-10-23(17)13-18(24)20-12-14-6-5-11-25-14/h2-3,5-8,11,17H,4,9-10,12-13H2,1H3,(H,20,24)/t17-/m1/s1. The Labute approximate surface area is 151 Å². The lowest BCUT2D eigenvalue weighted by atomic mass is 10.2. The zero-order valence-corrected chi connectivity index (χ0v) is 15.1. The van der Waals surface area contributed by atoms with E-state index in [1.807, 2.05) is 35.7 Å². The highest BCUT2D eigenvalue weighted by Gasteiger charge is 2.31. The summed E-state index contributed by atoms with van der Waals surface area (Å²) in [7, 11) is 2.07. The second-order valence-electron chi connectivity index (χ2n) is 6.50. The monoisotopic (exact) mass is 354 g/mol. The Bertz CT molecular complexity index is 871. The number of para-hydroxylation sites is 2. The van der Waals surface area contributed by atoms with Gasteiger partial charge in [0.15, 0.2) is 0 Å². The van der Waals surface area contributed by atoms with Crippen LogP contribution in [0.4, 0.5) is 0 Å². The average molecular weight is 354 g/mol. The summed E-state index contributed by atoms with van der Waals surface area (Å²) in [6.07, 6.45) is 2.15. The van der Waals surface area contributed by atoms with Crippen LogP contribution in [0.1, 0.15) is 29.6 Å². The number of aromatic nitrogens is 2. The van der Waals surface area contributed by atoms with Crippen LogP contribution < -0.4 is 5.32 Å². The minimum Gasteiger partial charge on any atom is -0.350 e. The molecule has 0 bridgehead atoms. The van der Waals surface area contributed by atoms with E-state index in [4.69, 9.17) is 4.98 Å². The van der Waals surface area contributed by atoms with Crippen LogP contribution in [-0.4, -0.2) is 33.4 Å². The van der Waals surface area contributed by atoms with E-state index in [1.165, 1.54) is 4.88 Å². The maximum atomic E-state index is 12.4. The molecule has 0 aliphatic carbocycles. The minimum atomic E-state index is 0.0825. The SMILES string of the molecule is Cn1c([C@H]2CCCN2CC(=O)NCc2cccs2)nc2ccccc21. The van der Waals surface area contributed by atoms with Crippen LogP contribution in [0.15, 0.2) is 41.8 Å². The molecule has 0 saturated carbocycles. The first-order valence-electron chi connectivity index (χ1n) is 8.67. The van der Waals surface area contributed by atoms with Gasteiger partial charge in [-0.2, -0.15) is 0 Å². The van der Waals surface area contributed by atoms with Crippen molar-refractivity contribution in [1.29, 1.82) is 0 Å². The fourth-order valence-electron chi connectivity index (χ4n) is 3.61. The van der Waals surface area contributed by atoms with Crippen LogP contribution in [0, 0.1) is 0 Å². The van der Waals surface area contributed by atoms with Crippen LogP contribution in [0.25, 0.3) is 11.0 Å². The summed E-state index contributed by atoms with van der Waals surface area (Å²) < 4.78 is 2.17. The van der Waals surface area contributed by atoms with Gasteiger partial charge in [0.25, 0.3) is 0 Å². The Balaban J connectivity index is 1.46. The van der Waals surface area contributed by atoms with Crippen molar-refractivity contribution in [3.8, 4) is 0 Å². The van der Waals surface area contributed by atoms with E-state index in [1.54, 1.807) is 11.3 Å². The van der Waals surface area contributed by atoms with E-state index in [-0.39, 0.29) is 11.9 Å². The van der Waals surface area contributed by atoms with Crippen molar-refractivity contribution < 1.29 is 4.79 Å². The molecule has 1 amide bonds. The van der Waals surface area contributed by atoms with Gasteiger partial charge >= 0.3 is 0 Å². The van der Waals surface area contributed by atoms with Crippen molar-refractivity contribution >= 4 is 28.3 Å². The van der Waals surface area contributed by atoms with Crippen LogP contribution in [0.5, 0.6) is 0 Å². The number of imidazole rings is 1. The van der Waals surface area contributed by atoms with Gasteiger partial charge in [0, 0.05) is 11.9 Å². The summed E-state index contributed by atoms with van der Waals surface area (Å²) in [5.74, 6) is 1.14.